The average molecular weight is 295 g/mol. The number of terminal acetylenes is 1. The van der Waals surface area contributed by atoms with E-state index in [2.05, 4.69) is 5.92 Å². The number of halogens is 2. The van der Waals surface area contributed by atoms with E-state index in [9.17, 15) is 10.2 Å². The average Bonchev–Trinajstić information content (AvgIpc) is 2.38. The van der Waals surface area contributed by atoms with E-state index < -0.39 is 11.7 Å². The van der Waals surface area contributed by atoms with E-state index in [1.54, 1.807) is 0 Å². The number of aliphatic hydroxyl groups is 2. The molecule has 2 unspecified atom stereocenters. The summed E-state index contributed by atoms with van der Waals surface area (Å²) in [6, 6.07) is 9.37. The smallest absolute Gasteiger partial charge is 0.147 e. The van der Waals surface area contributed by atoms with E-state index in [1.165, 1.54) is 6.08 Å². The number of benzene rings is 1. The van der Waals surface area contributed by atoms with Crippen LogP contribution in [-0.2, 0) is 0 Å². The molecule has 0 amide bonds. The maximum absolute atomic E-state index is 10.3. The van der Waals surface area contributed by atoms with Crippen LogP contribution < -0.4 is 0 Å². The molecule has 1 aromatic rings. The molecule has 0 saturated heterocycles. The van der Waals surface area contributed by atoms with Crippen molar-refractivity contribution < 1.29 is 10.2 Å². The Morgan fingerprint density at radius 2 is 1.89 bits per heavy atom. The van der Waals surface area contributed by atoms with Crippen LogP contribution in [0.3, 0.4) is 0 Å². The van der Waals surface area contributed by atoms with Crippen molar-refractivity contribution in [3.63, 3.8) is 0 Å². The van der Waals surface area contributed by atoms with Gasteiger partial charge in [-0.25, -0.2) is 0 Å². The molecule has 4 heteroatoms. The van der Waals surface area contributed by atoms with Gasteiger partial charge in [-0.2, -0.15) is 0 Å². The normalized spacial score (nSPS) is 24.7. The fourth-order valence-electron chi connectivity index (χ4n) is 2.03. The van der Waals surface area contributed by atoms with Crippen LogP contribution in [0.4, 0.5) is 0 Å². The minimum absolute atomic E-state index is 0.0281. The zero-order chi connectivity index (χ0) is 14.0. The summed E-state index contributed by atoms with van der Waals surface area (Å²) >= 11 is 12.4. The molecule has 2 nitrogen and oxygen atoms in total. The molecule has 1 aliphatic carbocycles. The van der Waals surface area contributed by atoms with Gasteiger partial charge in [0.05, 0.1) is 0 Å². The lowest BCUT2D eigenvalue weighted by Gasteiger charge is -2.31. The predicted molar refractivity (Wildman–Crippen MR) is 77.6 cm³/mol. The van der Waals surface area contributed by atoms with Crippen molar-refractivity contribution in [2.75, 3.05) is 0 Å². The third-order valence-corrected chi connectivity index (χ3v) is 3.64. The number of allylic oxidation sites excluding steroid dienone is 2. The van der Waals surface area contributed by atoms with E-state index in [1.807, 2.05) is 30.3 Å². The Morgan fingerprint density at radius 1 is 1.26 bits per heavy atom. The molecule has 0 aromatic heterocycles. The first-order valence-electron chi connectivity index (χ1n) is 5.67. The monoisotopic (exact) mass is 294 g/mol. The van der Waals surface area contributed by atoms with Gasteiger partial charge >= 0.3 is 0 Å². The van der Waals surface area contributed by atoms with E-state index >= 15 is 0 Å². The van der Waals surface area contributed by atoms with Crippen molar-refractivity contribution in [2.45, 2.75) is 18.1 Å². The Hall–Kier alpha value is -1.24. The number of hydrogen-bond donors (Lipinski definition) is 2. The SMILES string of the molecule is C#CC(O)C1(O)C=C(Cl)C(c2ccccc2)=C(Cl)C1. The van der Waals surface area contributed by atoms with Crippen LogP contribution >= 0.6 is 23.2 Å². The Balaban J connectivity index is 2.44. The first-order chi connectivity index (χ1) is 8.98. The minimum atomic E-state index is -1.62. The minimum Gasteiger partial charge on any atom is -0.382 e. The summed E-state index contributed by atoms with van der Waals surface area (Å²) in [7, 11) is 0. The first kappa shape index (κ1) is 14.2. The largest absolute Gasteiger partial charge is 0.382 e. The summed E-state index contributed by atoms with van der Waals surface area (Å²) in [5.74, 6) is 2.09. The molecule has 0 heterocycles. The van der Waals surface area contributed by atoms with Gasteiger partial charge in [-0.15, -0.1) is 6.42 Å². The lowest BCUT2D eigenvalue weighted by Crippen LogP contribution is -2.41. The van der Waals surface area contributed by atoms with Gasteiger partial charge in [0.2, 0.25) is 0 Å². The van der Waals surface area contributed by atoms with Crippen LogP contribution in [0.2, 0.25) is 0 Å². The van der Waals surface area contributed by atoms with Gasteiger partial charge in [-0.1, -0.05) is 59.5 Å². The molecule has 2 rings (SSSR count). The Morgan fingerprint density at radius 3 is 2.42 bits per heavy atom. The molecule has 98 valence electrons. The third-order valence-electron chi connectivity index (χ3n) is 3.02. The molecule has 2 atom stereocenters. The van der Waals surface area contributed by atoms with Gasteiger partial charge in [0.1, 0.15) is 11.7 Å². The topological polar surface area (TPSA) is 40.5 Å². The summed E-state index contributed by atoms with van der Waals surface area (Å²) in [5, 5.41) is 20.6. The molecule has 0 saturated carbocycles. The molecule has 0 spiro atoms. The molecule has 2 N–H and O–H groups in total. The van der Waals surface area contributed by atoms with E-state index in [4.69, 9.17) is 29.6 Å². The van der Waals surface area contributed by atoms with Crippen LogP contribution in [-0.4, -0.2) is 21.9 Å². The van der Waals surface area contributed by atoms with Gasteiger partial charge < -0.3 is 10.2 Å². The second kappa shape index (κ2) is 5.40. The van der Waals surface area contributed by atoms with Crippen molar-refractivity contribution in [3.8, 4) is 12.3 Å². The summed E-state index contributed by atoms with van der Waals surface area (Å²) in [4.78, 5) is 0. The number of hydrogen-bond acceptors (Lipinski definition) is 2. The summed E-state index contributed by atoms with van der Waals surface area (Å²) in [6.07, 6.45) is 5.16. The van der Waals surface area contributed by atoms with E-state index in [-0.39, 0.29) is 11.5 Å². The fourth-order valence-corrected chi connectivity index (χ4v) is 2.91. The third kappa shape index (κ3) is 2.70. The van der Waals surface area contributed by atoms with Gasteiger partial charge in [0.15, 0.2) is 0 Å². The van der Waals surface area contributed by atoms with Crippen molar-refractivity contribution in [1.82, 2.24) is 0 Å². The molecular weight excluding hydrogens is 283 g/mol. The van der Waals surface area contributed by atoms with Gasteiger partial charge in [0, 0.05) is 22.1 Å². The Kier molecular flexibility index (Phi) is 4.03. The molecule has 1 aromatic carbocycles. The predicted octanol–water partition coefficient (Wildman–Crippen LogP) is 2.89. The zero-order valence-electron chi connectivity index (χ0n) is 9.98. The van der Waals surface area contributed by atoms with Gasteiger partial charge in [-0.3, -0.25) is 0 Å². The highest BCUT2D eigenvalue weighted by molar-refractivity contribution is 6.42. The quantitative estimate of drug-likeness (QED) is 0.824. The lowest BCUT2D eigenvalue weighted by atomic mass is 9.85. The lowest BCUT2D eigenvalue weighted by molar-refractivity contribution is -0.00804. The standard InChI is InChI=1S/C15H12Cl2O2/c1-2-13(18)15(19)8-11(16)14(12(17)9-15)10-6-4-3-5-7-10/h1,3-8,13,18-19H,9H2. The summed E-state index contributed by atoms with van der Waals surface area (Å²) < 4.78 is 0. The van der Waals surface area contributed by atoms with Crippen molar-refractivity contribution >= 4 is 28.8 Å². The molecule has 0 fully saturated rings. The van der Waals surface area contributed by atoms with Crippen LogP contribution in [0, 0.1) is 12.3 Å². The second-order valence-corrected chi connectivity index (χ2v) is 5.24. The molecule has 1 aliphatic rings. The van der Waals surface area contributed by atoms with Gasteiger partial charge in [0.25, 0.3) is 0 Å². The van der Waals surface area contributed by atoms with Crippen molar-refractivity contribution in [3.05, 3.63) is 52.0 Å². The molecular formula is C15H12Cl2O2. The van der Waals surface area contributed by atoms with Gasteiger partial charge in [-0.05, 0) is 11.6 Å². The molecule has 19 heavy (non-hydrogen) atoms. The van der Waals surface area contributed by atoms with E-state index in [0.29, 0.717) is 10.6 Å². The highest BCUT2D eigenvalue weighted by Crippen LogP contribution is 2.42. The summed E-state index contributed by atoms with van der Waals surface area (Å²) in [6.45, 7) is 0. The maximum atomic E-state index is 10.3. The molecule has 0 aliphatic heterocycles. The van der Waals surface area contributed by atoms with Crippen molar-refractivity contribution in [1.29, 1.82) is 0 Å². The van der Waals surface area contributed by atoms with Crippen LogP contribution in [0.1, 0.15) is 12.0 Å². The van der Waals surface area contributed by atoms with Crippen LogP contribution in [0.25, 0.3) is 5.57 Å². The number of aliphatic hydroxyl groups excluding tert-OH is 1. The Bertz CT molecular complexity index is 584. The van der Waals surface area contributed by atoms with Crippen LogP contribution in [0.15, 0.2) is 46.5 Å². The zero-order valence-corrected chi connectivity index (χ0v) is 11.5. The molecule has 0 radical (unpaired) electrons. The van der Waals surface area contributed by atoms with E-state index in [0.717, 1.165) is 5.56 Å². The maximum Gasteiger partial charge on any atom is 0.147 e. The highest BCUT2D eigenvalue weighted by atomic mass is 35.5. The fraction of sp³-hybridized carbons (Fsp3) is 0.200. The second-order valence-electron chi connectivity index (χ2n) is 4.38. The van der Waals surface area contributed by atoms with Crippen molar-refractivity contribution in [2.24, 2.45) is 0 Å². The van der Waals surface area contributed by atoms with Crippen LogP contribution in [0.5, 0.6) is 0 Å². The number of rotatable bonds is 2. The first-order valence-corrected chi connectivity index (χ1v) is 6.43. The Labute approximate surface area is 122 Å². The molecule has 0 bridgehead atoms. The highest BCUT2D eigenvalue weighted by Gasteiger charge is 2.38. The summed E-state index contributed by atoms with van der Waals surface area (Å²) in [5.41, 5.74) is -0.120.